The summed E-state index contributed by atoms with van der Waals surface area (Å²) in [4.78, 5) is 0. The molecule has 1 N–H and O–H groups in total. The lowest BCUT2D eigenvalue weighted by atomic mass is 10.1. The Bertz CT molecular complexity index is 386. The molecule has 0 aliphatic carbocycles. The number of methoxy groups -OCH3 is 2. The van der Waals surface area contributed by atoms with Gasteiger partial charge < -0.3 is 14.7 Å². The molecule has 0 atom stereocenters. The molecule has 1 aromatic carbocycles. The first kappa shape index (κ1) is 11.1. The van der Waals surface area contributed by atoms with Crippen molar-refractivity contribution in [1.82, 2.24) is 0 Å². The van der Waals surface area contributed by atoms with Crippen molar-refractivity contribution in [2.45, 2.75) is 0 Å². The van der Waals surface area contributed by atoms with Crippen LogP contribution in [-0.2, 0) is 0 Å². The summed E-state index contributed by atoms with van der Waals surface area (Å²) < 4.78 is 10.3. The summed E-state index contributed by atoms with van der Waals surface area (Å²) in [5.74, 6) is 1.19. The number of hydrogen-bond acceptors (Lipinski definition) is 4. The van der Waals surface area contributed by atoms with Crippen LogP contribution in [0.1, 0.15) is 11.1 Å². The summed E-state index contributed by atoms with van der Waals surface area (Å²) in [6.45, 7) is 3.67. The van der Waals surface area contributed by atoms with Gasteiger partial charge in [0.25, 0.3) is 0 Å². The van der Waals surface area contributed by atoms with Crippen molar-refractivity contribution < 1.29 is 14.7 Å². The van der Waals surface area contributed by atoms with E-state index in [0.717, 1.165) is 5.56 Å². The van der Waals surface area contributed by atoms with Crippen LogP contribution in [0.25, 0.3) is 6.08 Å². The van der Waals surface area contributed by atoms with Crippen molar-refractivity contribution in [3.05, 3.63) is 29.8 Å². The second-order valence-electron chi connectivity index (χ2n) is 2.78. The lowest BCUT2D eigenvalue weighted by Gasteiger charge is -2.10. The molecule has 15 heavy (non-hydrogen) atoms. The fourth-order valence-corrected chi connectivity index (χ4v) is 1.26. The fraction of sp³-hybridized carbons (Fsp3) is 0.182. The molecule has 0 heterocycles. The maximum absolute atomic E-state index is 8.49. The van der Waals surface area contributed by atoms with Gasteiger partial charge in [-0.05, 0) is 17.7 Å². The van der Waals surface area contributed by atoms with Gasteiger partial charge in [-0.25, -0.2) is 0 Å². The van der Waals surface area contributed by atoms with E-state index in [1.807, 2.05) is 0 Å². The molecule has 1 aromatic rings. The predicted molar refractivity (Wildman–Crippen MR) is 59.0 cm³/mol. The van der Waals surface area contributed by atoms with E-state index in [4.69, 9.17) is 14.7 Å². The molecule has 0 aliphatic heterocycles. The Labute approximate surface area is 88.4 Å². The van der Waals surface area contributed by atoms with Crippen molar-refractivity contribution in [2.75, 3.05) is 14.2 Å². The number of benzene rings is 1. The molecule has 1 rings (SSSR count). The van der Waals surface area contributed by atoms with Gasteiger partial charge in [0, 0.05) is 5.56 Å². The highest BCUT2D eigenvalue weighted by atomic mass is 16.5. The molecule has 0 amide bonds. The van der Waals surface area contributed by atoms with E-state index < -0.39 is 0 Å². The van der Waals surface area contributed by atoms with Crippen LogP contribution in [0.5, 0.6) is 11.5 Å². The molecule has 0 aliphatic rings. The quantitative estimate of drug-likeness (QED) is 0.467. The molecule has 0 saturated carbocycles. The van der Waals surface area contributed by atoms with Gasteiger partial charge in [0.05, 0.1) is 20.4 Å². The van der Waals surface area contributed by atoms with Crippen molar-refractivity contribution in [3.8, 4) is 11.5 Å². The van der Waals surface area contributed by atoms with Gasteiger partial charge in [-0.1, -0.05) is 17.8 Å². The van der Waals surface area contributed by atoms with E-state index in [9.17, 15) is 0 Å². The first-order valence-electron chi connectivity index (χ1n) is 4.32. The lowest BCUT2D eigenvalue weighted by Crippen LogP contribution is -1.95. The van der Waals surface area contributed by atoms with Crippen LogP contribution in [0, 0.1) is 0 Å². The highest BCUT2D eigenvalue weighted by Gasteiger charge is 2.07. The van der Waals surface area contributed by atoms with E-state index in [0.29, 0.717) is 17.1 Å². The Morgan fingerprint density at radius 2 is 1.73 bits per heavy atom. The molecule has 0 unspecified atom stereocenters. The minimum Gasteiger partial charge on any atom is -0.493 e. The van der Waals surface area contributed by atoms with Crippen LogP contribution in [0.3, 0.4) is 0 Å². The molecule has 0 aromatic heterocycles. The number of hydrogen-bond donors (Lipinski definition) is 1. The van der Waals surface area contributed by atoms with Crippen LogP contribution in [0.15, 0.2) is 23.9 Å². The second-order valence-corrected chi connectivity index (χ2v) is 2.78. The Hall–Kier alpha value is -1.97. The zero-order valence-corrected chi connectivity index (χ0v) is 8.73. The largest absolute Gasteiger partial charge is 0.493 e. The molecule has 4 nitrogen and oxygen atoms in total. The van der Waals surface area contributed by atoms with E-state index >= 15 is 0 Å². The zero-order chi connectivity index (χ0) is 11.3. The highest BCUT2D eigenvalue weighted by Crippen LogP contribution is 2.30. The third kappa shape index (κ3) is 2.28. The minimum absolute atomic E-state index is 0.581. The fourth-order valence-electron chi connectivity index (χ4n) is 1.26. The molecule has 0 spiro atoms. The number of nitrogens with zero attached hydrogens (tertiary/aromatic N) is 1. The smallest absolute Gasteiger partial charge is 0.161 e. The third-order valence-corrected chi connectivity index (χ3v) is 2.01. The molecule has 80 valence electrons. The van der Waals surface area contributed by atoms with Crippen molar-refractivity contribution >= 4 is 12.3 Å². The summed E-state index contributed by atoms with van der Waals surface area (Å²) in [5, 5.41) is 11.5. The lowest BCUT2D eigenvalue weighted by molar-refractivity contribution is 0.321. The zero-order valence-electron chi connectivity index (χ0n) is 8.73. The maximum atomic E-state index is 8.49. The first-order chi connectivity index (χ1) is 7.26. The molecular weight excluding hydrogens is 194 g/mol. The van der Waals surface area contributed by atoms with Crippen LogP contribution >= 0.6 is 0 Å². The van der Waals surface area contributed by atoms with Gasteiger partial charge in [-0.15, -0.1) is 0 Å². The third-order valence-electron chi connectivity index (χ3n) is 2.01. The molecule has 0 radical (unpaired) electrons. The van der Waals surface area contributed by atoms with Crippen molar-refractivity contribution in [2.24, 2.45) is 5.16 Å². The van der Waals surface area contributed by atoms with E-state index in [1.165, 1.54) is 6.21 Å². The summed E-state index contributed by atoms with van der Waals surface area (Å²) in [5.41, 5.74) is 1.52. The minimum atomic E-state index is 0.581. The summed E-state index contributed by atoms with van der Waals surface area (Å²) in [6.07, 6.45) is 2.97. The second kappa shape index (κ2) is 5.05. The molecule has 4 heteroatoms. The van der Waals surface area contributed by atoms with Gasteiger partial charge in [-0.2, -0.15) is 0 Å². The van der Waals surface area contributed by atoms with Crippen molar-refractivity contribution in [3.63, 3.8) is 0 Å². The summed E-state index contributed by atoms with van der Waals surface area (Å²) in [7, 11) is 3.11. The van der Waals surface area contributed by atoms with Gasteiger partial charge in [-0.3, -0.25) is 0 Å². The van der Waals surface area contributed by atoms with Crippen LogP contribution in [0.2, 0.25) is 0 Å². The SMILES string of the molecule is C=Cc1cc(OC)c(OC)cc1/C=N/O. The van der Waals surface area contributed by atoms with Crippen LogP contribution < -0.4 is 9.47 Å². The van der Waals surface area contributed by atoms with Gasteiger partial charge >= 0.3 is 0 Å². The monoisotopic (exact) mass is 207 g/mol. The van der Waals surface area contributed by atoms with Gasteiger partial charge in [0.2, 0.25) is 0 Å². The molecule has 0 fully saturated rings. The van der Waals surface area contributed by atoms with Gasteiger partial charge in [0.1, 0.15) is 0 Å². The standard InChI is InChI=1S/C11H13NO3/c1-4-8-5-10(14-2)11(15-3)6-9(8)7-12-13/h4-7,13H,1H2,2-3H3/b12-7+. The Morgan fingerprint density at radius 3 is 2.13 bits per heavy atom. The van der Waals surface area contributed by atoms with E-state index in [2.05, 4.69) is 11.7 Å². The molecule has 0 bridgehead atoms. The Morgan fingerprint density at radius 1 is 1.20 bits per heavy atom. The van der Waals surface area contributed by atoms with E-state index in [-0.39, 0.29) is 0 Å². The summed E-state index contributed by atoms with van der Waals surface area (Å²) in [6, 6.07) is 3.48. The number of rotatable bonds is 4. The Kier molecular flexibility index (Phi) is 3.74. The Balaban J connectivity index is 3.33. The van der Waals surface area contributed by atoms with E-state index in [1.54, 1.807) is 32.4 Å². The average molecular weight is 207 g/mol. The van der Waals surface area contributed by atoms with Crippen LogP contribution in [0.4, 0.5) is 0 Å². The number of oxime groups is 1. The maximum Gasteiger partial charge on any atom is 0.161 e. The van der Waals surface area contributed by atoms with Crippen molar-refractivity contribution in [1.29, 1.82) is 0 Å². The normalized spacial score (nSPS) is 10.3. The highest BCUT2D eigenvalue weighted by molar-refractivity contribution is 5.86. The predicted octanol–water partition coefficient (Wildman–Crippen LogP) is 2.15. The first-order valence-corrected chi connectivity index (χ1v) is 4.32. The topological polar surface area (TPSA) is 51.0 Å². The number of ether oxygens (including phenoxy) is 2. The van der Waals surface area contributed by atoms with Crippen LogP contribution in [-0.4, -0.2) is 25.6 Å². The van der Waals surface area contributed by atoms with Gasteiger partial charge in [0.15, 0.2) is 11.5 Å². The molecule has 0 saturated heterocycles. The average Bonchev–Trinajstić information content (AvgIpc) is 2.28. The molecular formula is C11H13NO3. The summed E-state index contributed by atoms with van der Waals surface area (Å²) >= 11 is 0.